The van der Waals surface area contributed by atoms with Gasteiger partial charge in [-0.15, -0.1) is 0 Å². The number of rotatable bonds is 4. The average Bonchev–Trinajstić information content (AvgIpc) is 2.84. The van der Waals surface area contributed by atoms with Gasteiger partial charge in [0.05, 0.1) is 23.6 Å². The molecule has 0 aliphatic heterocycles. The Hall–Kier alpha value is -1.68. The molecule has 1 aromatic carbocycles. The predicted octanol–water partition coefficient (Wildman–Crippen LogP) is 2.46. The molecule has 1 atom stereocenters. The van der Waals surface area contributed by atoms with E-state index in [4.69, 9.17) is 5.73 Å². The van der Waals surface area contributed by atoms with E-state index in [1.807, 2.05) is 30.3 Å². The second-order valence-electron chi connectivity index (χ2n) is 5.03. The van der Waals surface area contributed by atoms with E-state index in [0.717, 1.165) is 23.7 Å². The molecule has 4 nitrogen and oxygen atoms in total. The van der Waals surface area contributed by atoms with Gasteiger partial charge in [-0.25, -0.2) is 0 Å². The molecule has 0 saturated heterocycles. The van der Waals surface area contributed by atoms with Crippen molar-refractivity contribution in [2.75, 3.05) is 0 Å². The van der Waals surface area contributed by atoms with E-state index in [1.165, 1.54) is 19.3 Å². The van der Waals surface area contributed by atoms with E-state index in [9.17, 15) is 0 Å². The first-order valence-corrected chi connectivity index (χ1v) is 6.56. The maximum Gasteiger partial charge on any atom is 0.0998 e. The lowest BCUT2D eigenvalue weighted by molar-refractivity contribution is 0.275. The molecule has 1 unspecified atom stereocenters. The van der Waals surface area contributed by atoms with Crippen LogP contribution in [0.2, 0.25) is 0 Å². The molecule has 0 bridgehead atoms. The molecule has 94 valence electrons. The second-order valence-corrected chi connectivity index (χ2v) is 5.03. The summed E-state index contributed by atoms with van der Waals surface area (Å²) in [7, 11) is 0. The van der Waals surface area contributed by atoms with Crippen molar-refractivity contribution < 1.29 is 0 Å². The van der Waals surface area contributed by atoms with Crippen LogP contribution in [0.25, 0.3) is 5.69 Å². The number of hydrogen-bond acceptors (Lipinski definition) is 3. The van der Waals surface area contributed by atoms with Gasteiger partial charge in [-0.3, -0.25) is 0 Å². The summed E-state index contributed by atoms with van der Waals surface area (Å²) in [5.41, 5.74) is 8.05. The molecule has 1 aliphatic rings. The summed E-state index contributed by atoms with van der Waals surface area (Å²) in [4.78, 5) is 1.65. The minimum absolute atomic E-state index is 0.0211. The Morgan fingerprint density at radius 2 is 2.06 bits per heavy atom. The average molecular weight is 242 g/mol. The van der Waals surface area contributed by atoms with E-state index in [0.29, 0.717) is 0 Å². The highest BCUT2D eigenvalue weighted by molar-refractivity contribution is 5.28. The van der Waals surface area contributed by atoms with Gasteiger partial charge in [-0.05, 0) is 24.5 Å². The van der Waals surface area contributed by atoms with Crippen LogP contribution < -0.4 is 5.73 Å². The molecule has 1 fully saturated rings. The van der Waals surface area contributed by atoms with Crippen molar-refractivity contribution in [2.24, 2.45) is 11.7 Å². The SMILES string of the molecule is NC(CC1CCC1)c1cnn(-c2ccccc2)n1. The van der Waals surface area contributed by atoms with E-state index >= 15 is 0 Å². The summed E-state index contributed by atoms with van der Waals surface area (Å²) in [5.74, 6) is 0.793. The summed E-state index contributed by atoms with van der Waals surface area (Å²) < 4.78 is 0. The fourth-order valence-corrected chi connectivity index (χ4v) is 2.34. The molecule has 2 N–H and O–H groups in total. The number of hydrogen-bond donors (Lipinski definition) is 1. The van der Waals surface area contributed by atoms with Crippen LogP contribution in [0.3, 0.4) is 0 Å². The van der Waals surface area contributed by atoms with Crippen molar-refractivity contribution in [1.29, 1.82) is 0 Å². The summed E-state index contributed by atoms with van der Waals surface area (Å²) >= 11 is 0. The standard InChI is InChI=1S/C14H18N4/c15-13(9-11-5-4-6-11)14-10-16-18(17-14)12-7-2-1-3-8-12/h1-3,7-8,10-11,13H,4-6,9,15H2. The van der Waals surface area contributed by atoms with Crippen LogP contribution in [-0.4, -0.2) is 15.0 Å². The Labute approximate surface area is 107 Å². The third-order valence-electron chi connectivity index (χ3n) is 3.69. The van der Waals surface area contributed by atoms with Crippen LogP contribution in [-0.2, 0) is 0 Å². The Morgan fingerprint density at radius 3 is 2.72 bits per heavy atom. The van der Waals surface area contributed by atoms with Crippen molar-refractivity contribution in [2.45, 2.75) is 31.7 Å². The van der Waals surface area contributed by atoms with Gasteiger partial charge >= 0.3 is 0 Å². The first-order chi connectivity index (χ1) is 8.83. The van der Waals surface area contributed by atoms with Crippen LogP contribution in [0, 0.1) is 5.92 Å². The van der Waals surface area contributed by atoms with E-state index in [1.54, 1.807) is 11.0 Å². The van der Waals surface area contributed by atoms with Crippen LogP contribution in [0.1, 0.15) is 37.4 Å². The van der Waals surface area contributed by atoms with Gasteiger partial charge in [0, 0.05) is 0 Å². The first kappa shape index (κ1) is 11.4. The molecular formula is C14H18N4. The van der Waals surface area contributed by atoms with E-state index < -0.39 is 0 Å². The van der Waals surface area contributed by atoms with Gasteiger partial charge in [-0.1, -0.05) is 37.5 Å². The summed E-state index contributed by atoms with van der Waals surface area (Å²) in [6.45, 7) is 0. The highest BCUT2D eigenvalue weighted by atomic mass is 15.5. The minimum Gasteiger partial charge on any atom is -0.323 e. The molecule has 1 aromatic heterocycles. The van der Waals surface area contributed by atoms with Gasteiger partial charge in [0.25, 0.3) is 0 Å². The van der Waals surface area contributed by atoms with Crippen molar-refractivity contribution in [1.82, 2.24) is 15.0 Å². The smallest absolute Gasteiger partial charge is 0.0998 e. The predicted molar refractivity (Wildman–Crippen MR) is 70.2 cm³/mol. The van der Waals surface area contributed by atoms with Crippen LogP contribution in [0.5, 0.6) is 0 Å². The van der Waals surface area contributed by atoms with Crippen molar-refractivity contribution >= 4 is 0 Å². The van der Waals surface area contributed by atoms with Gasteiger partial charge in [0.2, 0.25) is 0 Å². The normalized spacial score (nSPS) is 17.4. The number of nitrogens with two attached hydrogens (primary N) is 1. The zero-order valence-corrected chi connectivity index (χ0v) is 10.4. The molecule has 1 saturated carbocycles. The third kappa shape index (κ3) is 2.29. The van der Waals surface area contributed by atoms with E-state index in [2.05, 4.69) is 10.2 Å². The van der Waals surface area contributed by atoms with Crippen molar-refractivity contribution in [3.63, 3.8) is 0 Å². The molecule has 4 heteroatoms. The molecular weight excluding hydrogens is 224 g/mol. The quantitative estimate of drug-likeness (QED) is 0.896. The minimum atomic E-state index is 0.0211. The van der Waals surface area contributed by atoms with Crippen LogP contribution in [0.15, 0.2) is 36.5 Å². The maximum atomic E-state index is 6.18. The topological polar surface area (TPSA) is 56.7 Å². The highest BCUT2D eigenvalue weighted by Gasteiger charge is 2.22. The monoisotopic (exact) mass is 242 g/mol. The second kappa shape index (κ2) is 4.90. The molecule has 1 heterocycles. The highest BCUT2D eigenvalue weighted by Crippen LogP contribution is 2.33. The van der Waals surface area contributed by atoms with Gasteiger partial charge in [0.1, 0.15) is 0 Å². The number of benzene rings is 1. The molecule has 3 rings (SSSR count). The summed E-state index contributed by atoms with van der Waals surface area (Å²) in [6.07, 6.45) is 6.82. The fourth-order valence-electron chi connectivity index (χ4n) is 2.34. The zero-order chi connectivity index (χ0) is 12.4. The number of aromatic nitrogens is 3. The third-order valence-corrected chi connectivity index (χ3v) is 3.69. The first-order valence-electron chi connectivity index (χ1n) is 6.56. The lowest BCUT2D eigenvalue weighted by atomic mass is 9.80. The molecule has 0 amide bonds. The van der Waals surface area contributed by atoms with Gasteiger partial charge < -0.3 is 5.73 Å². The molecule has 0 radical (unpaired) electrons. The van der Waals surface area contributed by atoms with Gasteiger partial charge in [-0.2, -0.15) is 15.0 Å². The van der Waals surface area contributed by atoms with Crippen LogP contribution >= 0.6 is 0 Å². The Bertz CT molecular complexity index is 502. The molecule has 1 aliphatic carbocycles. The Kier molecular flexibility index (Phi) is 3.11. The summed E-state index contributed by atoms with van der Waals surface area (Å²) in [6, 6.07) is 9.94. The van der Waals surface area contributed by atoms with E-state index in [-0.39, 0.29) is 6.04 Å². The Morgan fingerprint density at radius 1 is 1.28 bits per heavy atom. The zero-order valence-electron chi connectivity index (χ0n) is 10.4. The largest absolute Gasteiger partial charge is 0.323 e. The number of nitrogens with zero attached hydrogens (tertiary/aromatic N) is 3. The molecule has 18 heavy (non-hydrogen) atoms. The Balaban J connectivity index is 1.72. The lowest BCUT2D eigenvalue weighted by Gasteiger charge is -2.27. The summed E-state index contributed by atoms with van der Waals surface area (Å²) in [5, 5.41) is 8.76. The molecule has 2 aromatic rings. The van der Waals surface area contributed by atoms with Crippen molar-refractivity contribution in [3.8, 4) is 5.69 Å². The van der Waals surface area contributed by atoms with Crippen LogP contribution in [0.4, 0.5) is 0 Å². The van der Waals surface area contributed by atoms with Gasteiger partial charge in [0.15, 0.2) is 0 Å². The van der Waals surface area contributed by atoms with Crippen molar-refractivity contribution in [3.05, 3.63) is 42.2 Å². The number of para-hydroxylation sites is 1. The maximum absolute atomic E-state index is 6.18. The molecule has 0 spiro atoms. The fraction of sp³-hybridized carbons (Fsp3) is 0.429. The lowest BCUT2D eigenvalue weighted by Crippen LogP contribution is -2.20.